The number of fused-ring (bicyclic) bond motifs is 1. The maximum atomic E-state index is 13.7. The monoisotopic (exact) mass is 276 g/mol. The van der Waals surface area contributed by atoms with E-state index in [2.05, 4.69) is 15.1 Å². The minimum absolute atomic E-state index is 0.183. The van der Waals surface area contributed by atoms with E-state index in [1.54, 1.807) is 13.3 Å². The number of halogens is 2. The summed E-state index contributed by atoms with van der Waals surface area (Å²) in [7, 11) is 1.56. The van der Waals surface area contributed by atoms with Crippen LogP contribution < -0.4 is 0 Å². The third kappa shape index (κ3) is 2.23. The van der Waals surface area contributed by atoms with Gasteiger partial charge in [0, 0.05) is 18.7 Å². The molecule has 0 amide bonds. The average molecular weight is 276 g/mol. The van der Waals surface area contributed by atoms with E-state index in [4.69, 9.17) is 4.74 Å². The van der Waals surface area contributed by atoms with Gasteiger partial charge in [-0.1, -0.05) is 0 Å². The Hall–Kier alpha value is -2.41. The maximum Gasteiger partial charge on any atom is 0.250 e. The molecular weight excluding hydrogens is 266 g/mol. The number of hydrogen-bond donors (Lipinski definition) is 0. The molecule has 7 heteroatoms. The van der Waals surface area contributed by atoms with Crippen molar-refractivity contribution in [2.45, 2.75) is 6.61 Å². The Bertz CT molecular complexity index is 772. The first kappa shape index (κ1) is 12.6. The van der Waals surface area contributed by atoms with Crippen LogP contribution in [0, 0.1) is 11.6 Å². The van der Waals surface area contributed by atoms with Crippen LogP contribution in [-0.4, -0.2) is 26.7 Å². The SMILES string of the molecule is COCc1cn2nc(-c3ccc(F)cc3F)cnc2n1. The number of methoxy groups -OCH3 is 1. The van der Waals surface area contributed by atoms with E-state index in [0.29, 0.717) is 23.8 Å². The van der Waals surface area contributed by atoms with Gasteiger partial charge in [0.25, 0.3) is 5.78 Å². The van der Waals surface area contributed by atoms with E-state index >= 15 is 0 Å². The van der Waals surface area contributed by atoms with Gasteiger partial charge in [0.15, 0.2) is 0 Å². The fraction of sp³-hybridized carbons (Fsp3) is 0.154. The third-order valence-electron chi connectivity index (χ3n) is 2.74. The first-order valence-electron chi connectivity index (χ1n) is 5.83. The summed E-state index contributed by atoms with van der Waals surface area (Å²) in [5.74, 6) is -0.926. The second-order valence-corrected chi connectivity index (χ2v) is 4.18. The fourth-order valence-electron chi connectivity index (χ4n) is 1.87. The van der Waals surface area contributed by atoms with E-state index in [-0.39, 0.29) is 5.56 Å². The highest BCUT2D eigenvalue weighted by atomic mass is 19.1. The number of benzene rings is 1. The van der Waals surface area contributed by atoms with Gasteiger partial charge in [-0.3, -0.25) is 0 Å². The third-order valence-corrected chi connectivity index (χ3v) is 2.74. The molecule has 2 heterocycles. The largest absolute Gasteiger partial charge is 0.378 e. The van der Waals surface area contributed by atoms with Crippen LogP contribution in [0.25, 0.3) is 17.0 Å². The van der Waals surface area contributed by atoms with Gasteiger partial charge in [0.1, 0.15) is 17.3 Å². The summed E-state index contributed by atoms with van der Waals surface area (Å²) >= 11 is 0. The predicted octanol–water partition coefficient (Wildman–Crippen LogP) is 2.22. The first-order valence-corrected chi connectivity index (χ1v) is 5.83. The van der Waals surface area contributed by atoms with Crippen LogP contribution >= 0.6 is 0 Å². The Balaban J connectivity index is 2.07. The van der Waals surface area contributed by atoms with Crippen LogP contribution in [0.3, 0.4) is 0 Å². The molecule has 0 aliphatic heterocycles. The van der Waals surface area contributed by atoms with Crippen LogP contribution in [-0.2, 0) is 11.3 Å². The molecule has 0 unspecified atom stereocenters. The Morgan fingerprint density at radius 1 is 1.30 bits per heavy atom. The van der Waals surface area contributed by atoms with Crippen LogP contribution in [0.5, 0.6) is 0 Å². The molecule has 2 aromatic heterocycles. The lowest BCUT2D eigenvalue weighted by molar-refractivity contribution is 0.182. The van der Waals surface area contributed by atoms with Crippen molar-refractivity contribution in [3.8, 4) is 11.3 Å². The number of aromatic nitrogens is 4. The molecule has 20 heavy (non-hydrogen) atoms. The second kappa shape index (κ2) is 4.93. The molecule has 0 saturated carbocycles. The van der Waals surface area contributed by atoms with Gasteiger partial charge in [0.2, 0.25) is 0 Å². The fourth-order valence-corrected chi connectivity index (χ4v) is 1.87. The number of rotatable bonds is 3. The minimum Gasteiger partial charge on any atom is -0.378 e. The molecule has 0 aliphatic carbocycles. The van der Waals surface area contributed by atoms with E-state index < -0.39 is 11.6 Å². The molecule has 0 saturated heterocycles. The van der Waals surface area contributed by atoms with Crippen molar-refractivity contribution in [1.82, 2.24) is 19.6 Å². The first-order chi connectivity index (χ1) is 9.67. The van der Waals surface area contributed by atoms with Gasteiger partial charge in [-0.2, -0.15) is 5.10 Å². The van der Waals surface area contributed by atoms with Crippen molar-refractivity contribution in [3.63, 3.8) is 0 Å². The predicted molar refractivity (Wildman–Crippen MR) is 66.8 cm³/mol. The lowest BCUT2D eigenvalue weighted by Gasteiger charge is -2.02. The minimum atomic E-state index is -0.684. The highest BCUT2D eigenvalue weighted by molar-refractivity contribution is 5.59. The van der Waals surface area contributed by atoms with E-state index in [1.165, 1.54) is 22.8 Å². The Morgan fingerprint density at radius 2 is 2.15 bits per heavy atom. The van der Waals surface area contributed by atoms with Crippen molar-refractivity contribution in [3.05, 3.63) is 47.9 Å². The number of nitrogens with zero attached hydrogens (tertiary/aromatic N) is 4. The topological polar surface area (TPSA) is 52.3 Å². The van der Waals surface area contributed by atoms with Gasteiger partial charge < -0.3 is 4.74 Å². The molecule has 0 aliphatic rings. The van der Waals surface area contributed by atoms with E-state index in [9.17, 15) is 8.78 Å². The molecular formula is C13H10F2N4O. The highest BCUT2D eigenvalue weighted by Crippen LogP contribution is 2.20. The number of hydrogen-bond acceptors (Lipinski definition) is 4. The van der Waals surface area contributed by atoms with Gasteiger partial charge in [-0.25, -0.2) is 23.3 Å². The number of ether oxygens (including phenoxy) is 1. The van der Waals surface area contributed by atoms with Crippen LogP contribution in [0.2, 0.25) is 0 Å². The lowest BCUT2D eigenvalue weighted by Crippen LogP contribution is -1.97. The molecule has 0 fully saturated rings. The standard InChI is InChI=1S/C13H10F2N4O/c1-20-7-9-6-19-13(17-9)16-5-12(18-19)10-3-2-8(14)4-11(10)15/h2-6H,7H2,1H3. The summed E-state index contributed by atoms with van der Waals surface area (Å²) in [6, 6.07) is 3.31. The van der Waals surface area contributed by atoms with E-state index in [1.807, 2.05) is 0 Å². The summed E-state index contributed by atoms with van der Waals surface area (Å²) in [5.41, 5.74) is 1.16. The second-order valence-electron chi connectivity index (χ2n) is 4.18. The molecule has 0 atom stereocenters. The van der Waals surface area contributed by atoms with Gasteiger partial charge in [0.05, 0.1) is 24.7 Å². The summed E-state index contributed by atoms with van der Waals surface area (Å²) < 4.78 is 33.0. The molecule has 0 N–H and O–H groups in total. The van der Waals surface area contributed by atoms with Crippen molar-refractivity contribution >= 4 is 5.78 Å². The van der Waals surface area contributed by atoms with Crippen LogP contribution in [0.15, 0.2) is 30.6 Å². The molecule has 0 spiro atoms. The molecule has 1 aromatic carbocycles. The quantitative estimate of drug-likeness (QED) is 0.736. The molecule has 5 nitrogen and oxygen atoms in total. The summed E-state index contributed by atoms with van der Waals surface area (Å²) in [4.78, 5) is 8.28. The zero-order valence-electron chi connectivity index (χ0n) is 10.5. The summed E-state index contributed by atoms with van der Waals surface area (Å²) in [6.07, 6.45) is 3.05. The van der Waals surface area contributed by atoms with Crippen molar-refractivity contribution < 1.29 is 13.5 Å². The Morgan fingerprint density at radius 3 is 2.90 bits per heavy atom. The highest BCUT2D eigenvalue weighted by Gasteiger charge is 2.10. The lowest BCUT2D eigenvalue weighted by atomic mass is 10.1. The van der Waals surface area contributed by atoms with Crippen molar-refractivity contribution in [1.29, 1.82) is 0 Å². The molecule has 0 radical (unpaired) electrons. The van der Waals surface area contributed by atoms with Crippen LogP contribution in [0.1, 0.15) is 5.69 Å². The molecule has 102 valence electrons. The summed E-state index contributed by atoms with van der Waals surface area (Å²) in [5, 5.41) is 4.21. The summed E-state index contributed by atoms with van der Waals surface area (Å²) in [6.45, 7) is 0.339. The average Bonchev–Trinajstić information content (AvgIpc) is 2.80. The Labute approximate surface area is 112 Å². The van der Waals surface area contributed by atoms with Gasteiger partial charge in [-0.15, -0.1) is 0 Å². The maximum absolute atomic E-state index is 13.7. The van der Waals surface area contributed by atoms with Gasteiger partial charge in [-0.05, 0) is 12.1 Å². The van der Waals surface area contributed by atoms with Crippen molar-refractivity contribution in [2.24, 2.45) is 0 Å². The van der Waals surface area contributed by atoms with Gasteiger partial charge >= 0.3 is 0 Å². The van der Waals surface area contributed by atoms with Crippen LogP contribution in [0.4, 0.5) is 8.78 Å². The number of imidazole rings is 1. The van der Waals surface area contributed by atoms with E-state index in [0.717, 1.165) is 6.07 Å². The zero-order chi connectivity index (χ0) is 14.1. The van der Waals surface area contributed by atoms with Crippen molar-refractivity contribution in [2.75, 3.05) is 7.11 Å². The normalized spacial score (nSPS) is 11.2. The molecule has 0 bridgehead atoms. The smallest absolute Gasteiger partial charge is 0.250 e. The molecule has 3 rings (SSSR count). The zero-order valence-corrected chi connectivity index (χ0v) is 10.5. The molecule has 3 aromatic rings. The Kier molecular flexibility index (Phi) is 3.11.